The molecule has 2 aromatic carbocycles. The van der Waals surface area contributed by atoms with Crippen LogP contribution in [-0.4, -0.2) is 34.7 Å². The third kappa shape index (κ3) is 5.38. The third-order valence-corrected chi connectivity index (χ3v) is 3.67. The van der Waals surface area contributed by atoms with Gasteiger partial charge in [0.05, 0.1) is 21.2 Å². The molecule has 26 heavy (non-hydrogen) atoms. The van der Waals surface area contributed by atoms with E-state index in [4.69, 9.17) is 9.84 Å². The van der Waals surface area contributed by atoms with Crippen LogP contribution in [-0.2, 0) is 4.79 Å². The van der Waals surface area contributed by atoms with Gasteiger partial charge in [-0.1, -0.05) is 12.1 Å². The Balaban J connectivity index is 1.85. The van der Waals surface area contributed by atoms with E-state index in [1.54, 1.807) is 12.1 Å². The highest BCUT2D eigenvalue weighted by Crippen LogP contribution is 2.28. The second-order valence-electron chi connectivity index (χ2n) is 4.88. The number of carboxylic acid groups (broad SMARTS) is 1. The minimum Gasteiger partial charge on any atom is -0.483 e. The first-order valence-electron chi connectivity index (χ1n) is 7.09. The van der Waals surface area contributed by atoms with Gasteiger partial charge in [0.2, 0.25) is 0 Å². The molecule has 0 unspecified atom stereocenters. The van der Waals surface area contributed by atoms with E-state index in [9.17, 15) is 19.7 Å². The SMILES string of the molecule is O=C(COc1ccc([N+](=O)[O-])cc1Br)N/N=C\c1ccc(C(=O)O)cc1. The Hall–Kier alpha value is -3.27. The fourth-order valence-electron chi connectivity index (χ4n) is 1.79. The highest BCUT2D eigenvalue weighted by atomic mass is 79.9. The standard InChI is InChI=1S/C16H12BrN3O6/c17-13-7-12(20(24)25)5-6-14(13)26-9-15(21)19-18-8-10-1-3-11(4-2-10)16(22)23/h1-8H,9H2,(H,19,21)(H,22,23)/b18-8-. The molecule has 0 fully saturated rings. The summed E-state index contributed by atoms with van der Waals surface area (Å²) in [6, 6.07) is 9.83. The maximum absolute atomic E-state index is 11.7. The number of non-ortho nitro benzene ring substituents is 1. The van der Waals surface area contributed by atoms with Crippen LogP contribution in [0, 0.1) is 10.1 Å². The largest absolute Gasteiger partial charge is 0.483 e. The summed E-state index contributed by atoms with van der Waals surface area (Å²) in [5, 5.41) is 23.2. The minimum atomic E-state index is -1.03. The fraction of sp³-hybridized carbons (Fsp3) is 0.0625. The van der Waals surface area contributed by atoms with E-state index in [0.29, 0.717) is 10.0 Å². The molecular formula is C16H12BrN3O6. The molecule has 1 amide bonds. The zero-order chi connectivity index (χ0) is 19.1. The molecule has 0 saturated heterocycles. The van der Waals surface area contributed by atoms with E-state index in [-0.39, 0.29) is 23.6 Å². The van der Waals surface area contributed by atoms with Crippen molar-refractivity contribution in [1.29, 1.82) is 0 Å². The van der Waals surface area contributed by atoms with Gasteiger partial charge in [-0.05, 0) is 39.7 Å². The number of carbonyl (C=O) groups excluding carboxylic acids is 1. The lowest BCUT2D eigenvalue weighted by Crippen LogP contribution is -2.24. The first kappa shape index (κ1) is 19.1. The highest BCUT2D eigenvalue weighted by molar-refractivity contribution is 9.10. The molecule has 0 aromatic heterocycles. The van der Waals surface area contributed by atoms with E-state index in [1.807, 2.05) is 0 Å². The lowest BCUT2D eigenvalue weighted by atomic mass is 10.1. The summed E-state index contributed by atoms with van der Waals surface area (Å²) >= 11 is 3.13. The average Bonchev–Trinajstić information content (AvgIpc) is 2.61. The molecule has 2 N–H and O–H groups in total. The summed E-state index contributed by atoms with van der Waals surface area (Å²) in [6.07, 6.45) is 1.35. The Bertz CT molecular complexity index is 867. The van der Waals surface area contributed by atoms with Crippen molar-refractivity contribution in [2.45, 2.75) is 0 Å². The van der Waals surface area contributed by atoms with E-state index in [2.05, 4.69) is 26.5 Å². The monoisotopic (exact) mass is 421 g/mol. The van der Waals surface area contributed by atoms with Gasteiger partial charge in [-0.25, -0.2) is 10.2 Å². The molecule has 2 aromatic rings. The Kier molecular flexibility index (Phi) is 6.39. The van der Waals surface area contributed by atoms with Crippen molar-refractivity contribution in [2.24, 2.45) is 5.10 Å². The molecule has 0 aliphatic carbocycles. The van der Waals surface area contributed by atoms with Crippen molar-refractivity contribution in [1.82, 2.24) is 5.43 Å². The Morgan fingerprint density at radius 2 is 1.96 bits per heavy atom. The predicted octanol–water partition coefficient (Wildman–Crippen LogP) is 2.58. The van der Waals surface area contributed by atoms with Crippen molar-refractivity contribution in [3.05, 3.63) is 68.2 Å². The number of ether oxygens (including phenoxy) is 1. The number of rotatable bonds is 7. The van der Waals surface area contributed by atoms with Gasteiger partial charge in [0.15, 0.2) is 6.61 Å². The van der Waals surface area contributed by atoms with Gasteiger partial charge in [-0.3, -0.25) is 14.9 Å². The van der Waals surface area contributed by atoms with Crippen LogP contribution in [0.2, 0.25) is 0 Å². The summed E-state index contributed by atoms with van der Waals surface area (Å²) < 4.78 is 5.61. The number of hydrogen-bond acceptors (Lipinski definition) is 6. The molecule has 0 aliphatic heterocycles. The summed E-state index contributed by atoms with van der Waals surface area (Å²) in [4.78, 5) is 32.5. The van der Waals surface area contributed by atoms with Crippen LogP contribution in [0.1, 0.15) is 15.9 Å². The van der Waals surface area contributed by atoms with Crippen LogP contribution >= 0.6 is 15.9 Å². The first-order chi connectivity index (χ1) is 12.4. The number of nitrogens with one attached hydrogen (secondary N) is 1. The quantitative estimate of drug-likeness (QED) is 0.401. The van der Waals surface area contributed by atoms with Crippen LogP contribution in [0.5, 0.6) is 5.75 Å². The Labute approximate surface area is 155 Å². The number of amides is 1. The molecule has 134 valence electrons. The topological polar surface area (TPSA) is 131 Å². The number of nitro benzene ring substituents is 1. The van der Waals surface area contributed by atoms with Gasteiger partial charge < -0.3 is 9.84 Å². The fourth-order valence-corrected chi connectivity index (χ4v) is 2.27. The average molecular weight is 422 g/mol. The van der Waals surface area contributed by atoms with E-state index < -0.39 is 16.8 Å². The Morgan fingerprint density at radius 1 is 1.27 bits per heavy atom. The molecule has 0 spiro atoms. The van der Waals surface area contributed by atoms with Crippen LogP contribution in [0.3, 0.4) is 0 Å². The molecule has 10 heteroatoms. The molecular weight excluding hydrogens is 410 g/mol. The maximum atomic E-state index is 11.7. The van der Waals surface area contributed by atoms with E-state index in [1.165, 1.54) is 36.5 Å². The molecule has 0 atom stereocenters. The maximum Gasteiger partial charge on any atom is 0.335 e. The second-order valence-corrected chi connectivity index (χ2v) is 5.74. The van der Waals surface area contributed by atoms with E-state index in [0.717, 1.165) is 0 Å². The lowest BCUT2D eigenvalue weighted by molar-refractivity contribution is -0.384. The van der Waals surface area contributed by atoms with E-state index >= 15 is 0 Å². The van der Waals surface area contributed by atoms with Crippen molar-refractivity contribution in [3.63, 3.8) is 0 Å². The van der Waals surface area contributed by atoms with Crippen molar-refractivity contribution in [2.75, 3.05) is 6.61 Å². The number of nitrogens with zero attached hydrogens (tertiary/aromatic N) is 2. The van der Waals surface area contributed by atoms with Crippen molar-refractivity contribution < 1.29 is 24.4 Å². The van der Waals surface area contributed by atoms with Crippen LogP contribution in [0.25, 0.3) is 0 Å². The smallest absolute Gasteiger partial charge is 0.335 e. The normalized spacial score (nSPS) is 10.5. The number of hydrogen-bond donors (Lipinski definition) is 2. The van der Waals surface area contributed by atoms with Crippen molar-refractivity contribution in [3.8, 4) is 5.75 Å². The number of nitro groups is 1. The zero-order valence-corrected chi connectivity index (χ0v) is 14.7. The highest BCUT2D eigenvalue weighted by Gasteiger charge is 2.11. The molecule has 9 nitrogen and oxygen atoms in total. The van der Waals surface area contributed by atoms with Gasteiger partial charge in [0.25, 0.3) is 11.6 Å². The third-order valence-electron chi connectivity index (χ3n) is 3.05. The van der Waals surface area contributed by atoms with Gasteiger partial charge in [0.1, 0.15) is 5.75 Å². The van der Waals surface area contributed by atoms with Gasteiger partial charge in [-0.2, -0.15) is 5.10 Å². The first-order valence-corrected chi connectivity index (χ1v) is 7.88. The molecule has 0 radical (unpaired) electrons. The molecule has 0 saturated carbocycles. The number of aromatic carboxylic acids is 1. The van der Waals surface area contributed by atoms with Crippen molar-refractivity contribution >= 4 is 39.7 Å². The van der Waals surface area contributed by atoms with Gasteiger partial charge >= 0.3 is 5.97 Å². The summed E-state index contributed by atoms with van der Waals surface area (Å²) in [6.45, 7) is -0.342. The number of carboxylic acids is 1. The summed E-state index contributed by atoms with van der Waals surface area (Å²) in [5.41, 5.74) is 2.90. The summed E-state index contributed by atoms with van der Waals surface area (Å²) in [5.74, 6) is -1.29. The number of halogens is 1. The van der Waals surface area contributed by atoms with Crippen LogP contribution in [0.15, 0.2) is 52.0 Å². The van der Waals surface area contributed by atoms with Gasteiger partial charge in [-0.15, -0.1) is 0 Å². The number of benzene rings is 2. The lowest BCUT2D eigenvalue weighted by Gasteiger charge is -2.06. The second kappa shape index (κ2) is 8.72. The molecule has 0 heterocycles. The number of hydrazone groups is 1. The number of carbonyl (C=O) groups is 2. The zero-order valence-electron chi connectivity index (χ0n) is 13.1. The van der Waals surface area contributed by atoms with Crippen LogP contribution < -0.4 is 10.2 Å². The summed E-state index contributed by atoms with van der Waals surface area (Å²) in [7, 11) is 0. The molecule has 0 aliphatic rings. The molecule has 2 rings (SSSR count). The minimum absolute atomic E-state index is 0.104. The molecule has 0 bridgehead atoms. The van der Waals surface area contributed by atoms with Crippen LogP contribution in [0.4, 0.5) is 5.69 Å². The Morgan fingerprint density at radius 3 is 2.54 bits per heavy atom. The predicted molar refractivity (Wildman–Crippen MR) is 95.4 cm³/mol. The van der Waals surface area contributed by atoms with Gasteiger partial charge in [0, 0.05) is 12.1 Å².